The van der Waals surface area contributed by atoms with E-state index in [1.807, 2.05) is 25.2 Å². The van der Waals surface area contributed by atoms with Crippen LogP contribution in [0.1, 0.15) is 23.2 Å². The van der Waals surface area contributed by atoms with Crippen LogP contribution in [-0.4, -0.2) is 45.0 Å². The van der Waals surface area contributed by atoms with Crippen LogP contribution < -0.4 is 10.2 Å². The first-order valence-corrected chi connectivity index (χ1v) is 11.1. The van der Waals surface area contributed by atoms with Gasteiger partial charge in [0.2, 0.25) is 0 Å². The number of amides is 1. The number of anilines is 1. The molecule has 0 spiro atoms. The number of hydrogen-bond donors (Lipinski definition) is 1. The van der Waals surface area contributed by atoms with Gasteiger partial charge in [0.05, 0.1) is 16.3 Å². The first-order valence-electron chi connectivity index (χ1n) is 10.8. The fraction of sp³-hybridized carbons (Fsp3) is 0.250. The Balaban J connectivity index is 0.00000274. The third kappa shape index (κ3) is 4.56. The summed E-state index contributed by atoms with van der Waals surface area (Å²) in [5.74, 6) is 0.0831. The molecule has 2 aromatic carbocycles. The number of benzene rings is 2. The molecule has 0 bridgehead atoms. The summed E-state index contributed by atoms with van der Waals surface area (Å²) in [7, 11) is 1.89. The largest absolute Gasteiger partial charge is 0.354 e. The van der Waals surface area contributed by atoms with E-state index in [2.05, 4.69) is 37.6 Å². The van der Waals surface area contributed by atoms with Crippen LogP contribution in [0, 0.1) is 5.82 Å². The molecule has 5 rings (SSSR count). The van der Waals surface area contributed by atoms with Crippen LogP contribution in [0.3, 0.4) is 0 Å². The SMILES string of the molecule is Cl.Cn1nccc1-c1nnc(N2CCC(NC(=O)c3ccc(F)cc3Cl)CC2)c2ccccc12. The van der Waals surface area contributed by atoms with E-state index in [1.54, 1.807) is 10.9 Å². The third-order valence-corrected chi connectivity index (χ3v) is 6.35. The van der Waals surface area contributed by atoms with E-state index in [0.717, 1.165) is 60.0 Å². The van der Waals surface area contributed by atoms with Crippen molar-refractivity contribution in [3.05, 3.63) is 71.1 Å². The molecule has 3 heterocycles. The summed E-state index contributed by atoms with van der Waals surface area (Å²) in [6.45, 7) is 1.46. The molecule has 0 radical (unpaired) electrons. The Labute approximate surface area is 207 Å². The Hall–Kier alpha value is -3.23. The van der Waals surface area contributed by atoms with Crippen LogP contribution in [-0.2, 0) is 7.05 Å². The molecule has 0 atom stereocenters. The standard InChI is InChI=1S/C24H22ClFN6O.ClH/c1-31-21(8-11-27-31)22-17-4-2-3-5-18(17)23(30-29-22)32-12-9-16(10-13-32)28-24(33)19-7-6-15(26)14-20(19)25;/h2-8,11,14,16H,9-10,12-13H2,1H3,(H,28,33);1H. The van der Waals surface area contributed by atoms with Crippen LogP contribution in [0.4, 0.5) is 10.2 Å². The zero-order valence-corrected chi connectivity index (χ0v) is 20.0. The number of halogens is 3. The second-order valence-corrected chi connectivity index (χ2v) is 8.52. The molecule has 0 saturated carbocycles. The minimum atomic E-state index is -0.465. The van der Waals surface area contributed by atoms with Gasteiger partial charge in [-0.15, -0.1) is 22.6 Å². The molecule has 1 aliphatic rings. The van der Waals surface area contributed by atoms with Crippen LogP contribution in [0.15, 0.2) is 54.7 Å². The summed E-state index contributed by atoms with van der Waals surface area (Å²) in [5, 5.41) is 18.6. The van der Waals surface area contributed by atoms with Gasteiger partial charge in [0.1, 0.15) is 11.5 Å². The Morgan fingerprint density at radius 3 is 2.50 bits per heavy atom. The molecule has 34 heavy (non-hydrogen) atoms. The number of rotatable bonds is 4. The maximum Gasteiger partial charge on any atom is 0.253 e. The lowest BCUT2D eigenvalue weighted by atomic mass is 10.0. The average Bonchev–Trinajstić information content (AvgIpc) is 3.24. The van der Waals surface area contributed by atoms with Crippen molar-refractivity contribution in [1.29, 1.82) is 0 Å². The maximum atomic E-state index is 13.3. The van der Waals surface area contributed by atoms with Gasteiger partial charge in [-0.2, -0.15) is 5.10 Å². The molecule has 10 heteroatoms. The quantitative estimate of drug-likeness (QED) is 0.441. The second-order valence-electron chi connectivity index (χ2n) is 8.12. The Morgan fingerprint density at radius 1 is 1.09 bits per heavy atom. The highest BCUT2D eigenvalue weighted by Gasteiger charge is 2.25. The van der Waals surface area contributed by atoms with Gasteiger partial charge in [-0.1, -0.05) is 35.9 Å². The minimum absolute atomic E-state index is 0. The van der Waals surface area contributed by atoms with Crippen molar-refractivity contribution >= 4 is 46.5 Å². The van der Waals surface area contributed by atoms with Gasteiger partial charge in [-0.05, 0) is 37.1 Å². The van der Waals surface area contributed by atoms with Crippen molar-refractivity contribution in [2.24, 2.45) is 7.05 Å². The number of aromatic nitrogens is 4. The predicted molar refractivity (Wildman–Crippen MR) is 133 cm³/mol. The van der Waals surface area contributed by atoms with Crippen LogP contribution in [0.25, 0.3) is 22.2 Å². The summed E-state index contributed by atoms with van der Waals surface area (Å²) >= 11 is 6.03. The summed E-state index contributed by atoms with van der Waals surface area (Å²) in [6.07, 6.45) is 3.26. The van der Waals surface area contributed by atoms with Gasteiger partial charge in [-0.3, -0.25) is 9.48 Å². The highest BCUT2D eigenvalue weighted by molar-refractivity contribution is 6.33. The molecule has 4 aromatic rings. The van der Waals surface area contributed by atoms with E-state index in [1.165, 1.54) is 12.1 Å². The lowest BCUT2D eigenvalue weighted by Crippen LogP contribution is -2.45. The van der Waals surface area contributed by atoms with Gasteiger partial charge in [0.25, 0.3) is 5.91 Å². The van der Waals surface area contributed by atoms with Crippen LogP contribution in [0.5, 0.6) is 0 Å². The molecule has 0 aliphatic carbocycles. The fourth-order valence-electron chi connectivity index (χ4n) is 4.29. The molecule has 1 N–H and O–H groups in total. The molecular formula is C24H23Cl2FN6O. The van der Waals surface area contributed by atoms with Crippen LogP contribution in [0.2, 0.25) is 5.02 Å². The highest BCUT2D eigenvalue weighted by Crippen LogP contribution is 2.32. The molecule has 1 saturated heterocycles. The number of fused-ring (bicyclic) bond motifs is 1. The predicted octanol–water partition coefficient (Wildman–Crippen LogP) is 4.64. The molecule has 0 unspecified atom stereocenters. The van der Waals surface area contributed by atoms with Gasteiger partial charge >= 0.3 is 0 Å². The Kier molecular flexibility index (Phi) is 7.00. The van der Waals surface area contributed by atoms with Crippen molar-refractivity contribution in [3.63, 3.8) is 0 Å². The monoisotopic (exact) mass is 500 g/mol. The van der Waals surface area contributed by atoms with Gasteiger partial charge in [0, 0.05) is 43.1 Å². The van der Waals surface area contributed by atoms with Crippen molar-refractivity contribution in [2.75, 3.05) is 18.0 Å². The number of piperidine rings is 1. The highest BCUT2D eigenvalue weighted by atomic mass is 35.5. The first-order chi connectivity index (χ1) is 16.0. The first kappa shape index (κ1) is 23.9. The maximum absolute atomic E-state index is 13.3. The zero-order valence-electron chi connectivity index (χ0n) is 18.4. The summed E-state index contributed by atoms with van der Waals surface area (Å²) in [4.78, 5) is 14.8. The number of carbonyl (C=O) groups is 1. The second kappa shape index (κ2) is 9.95. The van der Waals surface area contributed by atoms with Gasteiger partial charge in [0.15, 0.2) is 5.82 Å². The molecule has 1 amide bonds. The number of nitrogens with zero attached hydrogens (tertiary/aromatic N) is 5. The lowest BCUT2D eigenvalue weighted by Gasteiger charge is -2.33. The number of hydrogen-bond acceptors (Lipinski definition) is 5. The normalized spacial score (nSPS) is 14.1. The molecular weight excluding hydrogens is 478 g/mol. The molecule has 2 aromatic heterocycles. The van der Waals surface area contributed by atoms with E-state index in [4.69, 9.17) is 11.6 Å². The van der Waals surface area contributed by atoms with E-state index in [9.17, 15) is 9.18 Å². The third-order valence-electron chi connectivity index (χ3n) is 6.04. The van der Waals surface area contributed by atoms with Crippen molar-refractivity contribution in [2.45, 2.75) is 18.9 Å². The number of aryl methyl sites for hydroxylation is 1. The summed E-state index contributed by atoms with van der Waals surface area (Å²) in [5.41, 5.74) is 1.99. The van der Waals surface area contributed by atoms with Crippen LogP contribution >= 0.6 is 24.0 Å². The summed E-state index contributed by atoms with van der Waals surface area (Å²) in [6, 6.07) is 13.8. The van der Waals surface area contributed by atoms with Crippen molar-refractivity contribution < 1.29 is 9.18 Å². The minimum Gasteiger partial charge on any atom is -0.354 e. The number of nitrogens with one attached hydrogen (secondary N) is 1. The molecule has 7 nitrogen and oxygen atoms in total. The number of carbonyl (C=O) groups excluding carboxylic acids is 1. The average molecular weight is 501 g/mol. The van der Waals surface area contributed by atoms with Crippen molar-refractivity contribution in [3.8, 4) is 11.4 Å². The molecule has 1 aliphatic heterocycles. The van der Waals surface area contributed by atoms with E-state index in [0.29, 0.717) is 0 Å². The molecule has 176 valence electrons. The van der Waals surface area contributed by atoms with E-state index in [-0.39, 0.29) is 34.9 Å². The smallest absolute Gasteiger partial charge is 0.253 e. The van der Waals surface area contributed by atoms with E-state index >= 15 is 0 Å². The summed E-state index contributed by atoms with van der Waals surface area (Å²) < 4.78 is 15.1. The Bertz CT molecular complexity index is 1340. The van der Waals surface area contributed by atoms with E-state index < -0.39 is 5.82 Å². The fourth-order valence-corrected chi connectivity index (χ4v) is 4.54. The van der Waals surface area contributed by atoms with Gasteiger partial charge in [-0.25, -0.2) is 4.39 Å². The lowest BCUT2D eigenvalue weighted by molar-refractivity contribution is 0.0931. The Morgan fingerprint density at radius 2 is 1.82 bits per heavy atom. The van der Waals surface area contributed by atoms with Crippen molar-refractivity contribution in [1.82, 2.24) is 25.3 Å². The molecule has 1 fully saturated rings. The van der Waals surface area contributed by atoms with Gasteiger partial charge < -0.3 is 10.2 Å². The zero-order chi connectivity index (χ0) is 22.9. The topological polar surface area (TPSA) is 75.9 Å².